The van der Waals surface area contributed by atoms with Crippen molar-refractivity contribution in [2.75, 3.05) is 13.6 Å². The third kappa shape index (κ3) is 5.47. The zero-order chi connectivity index (χ0) is 16.9. The molecule has 0 saturated heterocycles. The van der Waals surface area contributed by atoms with Crippen molar-refractivity contribution in [1.29, 1.82) is 0 Å². The van der Waals surface area contributed by atoms with Gasteiger partial charge < -0.3 is 10.6 Å². The topological polar surface area (TPSA) is 62.2 Å². The summed E-state index contributed by atoms with van der Waals surface area (Å²) in [6, 6.07) is 0. The van der Waals surface area contributed by atoms with Gasteiger partial charge in [-0.1, -0.05) is 0 Å². The van der Waals surface area contributed by atoms with Crippen molar-refractivity contribution in [2.24, 2.45) is 4.99 Å². The van der Waals surface area contributed by atoms with Gasteiger partial charge in [-0.25, -0.2) is 9.97 Å². The summed E-state index contributed by atoms with van der Waals surface area (Å²) in [6.07, 6.45) is -3.65. The number of nitrogens with zero attached hydrogens (tertiary/aromatic N) is 3. The Kier molecular flexibility index (Phi) is 5.94. The predicted molar refractivity (Wildman–Crippen MR) is 85.9 cm³/mol. The van der Waals surface area contributed by atoms with Crippen molar-refractivity contribution in [2.45, 2.75) is 26.1 Å². The van der Waals surface area contributed by atoms with Crippen molar-refractivity contribution >= 4 is 28.6 Å². The predicted octanol–water partition coefficient (Wildman–Crippen LogP) is 2.83. The summed E-state index contributed by atoms with van der Waals surface area (Å²) in [7, 11) is 1.60. The molecule has 126 valence electrons. The van der Waals surface area contributed by atoms with E-state index in [0.29, 0.717) is 17.5 Å². The Bertz CT molecular complexity index is 663. The molecule has 0 spiro atoms. The highest BCUT2D eigenvalue weighted by atomic mass is 32.1. The Labute approximate surface area is 139 Å². The number of hydrogen-bond donors (Lipinski definition) is 2. The monoisotopic (exact) mass is 363 g/mol. The van der Waals surface area contributed by atoms with E-state index in [1.54, 1.807) is 18.4 Å². The highest BCUT2D eigenvalue weighted by molar-refractivity contribution is 7.09. The summed E-state index contributed by atoms with van der Waals surface area (Å²) >= 11 is 2.56. The number of hydrogen-bond acceptors (Lipinski definition) is 5. The molecule has 0 aliphatic heterocycles. The maximum absolute atomic E-state index is 12.5. The summed E-state index contributed by atoms with van der Waals surface area (Å²) in [5.41, 5.74) is 0.145. The normalized spacial score (nSPS) is 12.5. The summed E-state index contributed by atoms with van der Waals surface area (Å²) < 4.78 is 37.4. The van der Waals surface area contributed by atoms with Crippen molar-refractivity contribution in [3.63, 3.8) is 0 Å². The Hall–Kier alpha value is -1.68. The summed E-state index contributed by atoms with van der Waals surface area (Å²) in [6.45, 7) is 2.77. The van der Waals surface area contributed by atoms with Crippen LogP contribution in [0.15, 0.2) is 15.8 Å². The van der Waals surface area contributed by atoms with Crippen LogP contribution in [0.5, 0.6) is 0 Å². The van der Waals surface area contributed by atoms with Gasteiger partial charge in [0, 0.05) is 30.8 Å². The van der Waals surface area contributed by atoms with Crippen LogP contribution in [-0.2, 0) is 19.1 Å². The van der Waals surface area contributed by atoms with E-state index in [4.69, 9.17) is 0 Å². The SMILES string of the molecule is CN=C(NCCc1csc(C)n1)NCc1nc(C(F)(F)F)cs1. The summed E-state index contributed by atoms with van der Waals surface area (Å²) in [5.74, 6) is 0.515. The minimum atomic E-state index is -4.40. The second-order valence-corrected chi connectivity index (χ2v) is 6.59. The number of nitrogens with one attached hydrogen (secondary N) is 2. The van der Waals surface area contributed by atoms with Crippen LogP contribution in [0, 0.1) is 6.92 Å². The van der Waals surface area contributed by atoms with Gasteiger partial charge in [-0.3, -0.25) is 4.99 Å². The fourth-order valence-electron chi connectivity index (χ4n) is 1.73. The van der Waals surface area contributed by atoms with Gasteiger partial charge in [-0.2, -0.15) is 13.2 Å². The van der Waals surface area contributed by atoms with Crippen LogP contribution < -0.4 is 10.6 Å². The Morgan fingerprint density at radius 1 is 1.22 bits per heavy atom. The second-order valence-electron chi connectivity index (χ2n) is 4.58. The smallest absolute Gasteiger partial charge is 0.356 e. The molecule has 0 fully saturated rings. The van der Waals surface area contributed by atoms with E-state index in [-0.39, 0.29) is 6.54 Å². The molecule has 5 nitrogen and oxygen atoms in total. The third-order valence-electron chi connectivity index (χ3n) is 2.81. The first kappa shape index (κ1) is 17.7. The zero-order valence-electron chi connectivity index (χ0n) is 12.6. The highest BCUT2D eigenvalue weighted by Crippen LogP contribution is 2.29. The minimum absolute atomic E-state index is 0.191. The molecule has 2 aromatic rings. The first-order valence-corrected chi connectivity index (χ1v) is 8.51. The van der Waals surface area contributed by atoms with Crippen LogP contribution in [0.1, 0.15) is 21.4 Å². The molecule has 23 heavy (non-hydrogen) atoms. The molecule has 0 bridgehead atoms. The standard InChI is InChI=1S/C13H16F3N5S2/c1-8-20-9(6-22-8)3-4-18-12(17-2)19-5-11-21-10(7-23-11)13(14,15)16/h6-7H,3-5H2,1-2H3,(H2,17,18,19). The van der Waals surface area contributed by atoms with E-state index in [2.05, 4.69) is 25.6 Å². The van der Waals surface area contributed by atoms with Crippen LogP contribution in [0.3, 0.4) is 0 Å². The average molecular weight is 363 g/mol. The molecule has 2 N–H and O–H groups in total. The van der Waals surface area contributed by atoms with Gasteiger partial charge in [0.15, 0.2) is 11.7 Å². The molecule has 0 aliphatic rings. The molecule has 10 heteroatoms. The molecule has 0 amide bonds. The van der Waals surface area contributed by atoms with Crippen molar-refractivity contribution in [3.8, 4) is 0 Å². The average Bonchev–Trinajstić information content (AvgIpc) is 3.11. The van der Waals surface area contributed by atoms with Crippen LogP contribution in [0.2, 0.25) is 0 Å². The molecule has 0 saturated carbocycles. The number of halogens is 3. The number of aryl methyl sites for hydroxylation is 1. The van der Waals surface area contributed by atoms with E-state index in [1.807, 2.05) is 12.3 Å². The molecule has 0 atom stereocenters. The fraction of sp³-hybridized carbons (Fsp3) is 0.462. The van der Waals surface area contributed by atoms with E-state index < -0.39 is 11.9 Å². The van der Waals surface area contributed by atoms with Crippen LogP contribution in [-0.4, -0.2) is 29.5 Å². The van der Waals surface area contributed by atoms with E-state index in [0.717, 1.165) is 33.8 Å². The first-order valence-electron chi connectivity index (χ1n) is 6.75. The molecule has 2 aromatic heterocycles. The maximum Gasteiger partial charge on any atom is 0.434 e. The van der Waals surface area contributed by atoms with E-state index in [1.165, 1.54) is 0 Å². The largest absolute Gasteiger partial charge is 0.434 e. The summed E-state index contributed by atoms with van der Waals surface area (Å²) in [4.78, 5) is 11.9. The van der Waals surface area contributed by atoms with Crippen molar-refractivity contribution in [3.05, 3.63) is 32.2 Å². The van der Waals surface area contributed by atoms with Gasteiger partial charge in [0.25, 0.3) is 0 Å². The summed E-state index contributed by atoms with van der Waals surface area (Å²) in [5, 5.41) is 10.4. The molecule has 2 rings (SSSR count). The van der Waals surface area contributed by atoms with Gasteiger partial charge in [-0.05, 0) is 6.92 Å². The first-order chi connectivity index (χ1) is 10.9. The lowest BCUT2D eigenvalue weighted by atomic mass is 10.3. The van der Waals surface area contributed by atoms with Crippen molar-refractivity contribution < 1.29 is 13.2 Å². The number of aromatic nitrogens is 2. The molecule has 0 radical (unpaired) electrons. The molecule has 0 aromatic carbocycles. The fourth-order valence-corrected chi connectivity index (χ4v) is 3.12. The lowest BCUT2D eigenvalue weighted by Crippen LogP contribution is -2.37. The quantitative estimate of drug-likeness (QED) is 0.633. The lowest BCUT2D eigenvalue weighted by molar-refractivity contribution is -0.140. The molecule has 0 aliphatic carbocycles. The van der Waals surface area contributed by atoms with Crippen LogP contribution in [0.25, 0.3) is 0 Å². The van der Waals surface area contributed by atoms with E-state index >= 15 is 0 Å². The lowest BCUT2D eigenvalue weighted by Gasteiger charge is -2.10. The molecular weight excluding hydrogens is 347 g/mol. The van der Waals surface area contributed by atoms with Crippen LogP contribution >= 0.6 is 22.7 Å². The minimum Gasteiger partial charge on any atom is -0.356 e. The number of rotatable bonds is 5. The highest BCUT2D eigenvalue weighted by Gasteiger charge is 2.33. The molecule has 2 heterocycles. The molecule has 0 unspecified atom stereocenters. The van der Waals surface area contributed by atoms with Gasteiger partial charge >= 0.3 is 6.18 Å². The Morgan fingerprint density at radius 3 is 2.57 bits per heavy atom. The third-order valence-corrected chi connectivity index (χ3v) is 4.48. The Morgan fingerprint density at radius 2 is 2.00 bits per heavy atom. The van der Waals surface area contributed by atoms with Gasteiger partial charge in [0.2, 0.25) is 0 Å². The maximum atomic E-state index is 12.5. The van der Waals surface area contributed by atoms with Gasteiger partial charge in [-0.15, -0.1) is 22.7 Å². The second kappa shape index (κ2) is 7.73. The van der Waals surface area contributed by atoms with Gasteiger partial charge in [0.05, 0.1) is 17.2 Å². The van der Waals surface area contributed by atoms with Crippen LogP contribution in [0.4, 0.5) is 13.2 Å². The Balaban J connectivity index is 1.77. The van der Waals surface area contributed by atoms with E-state index in [9.17, 15) is 13.2 Å². The number of aliphatic imine (C=N–C) groups is 1. The van der Waals surface area contributed by atoms with Crippen molar-refractivity contribution in [1.82, 2.24) is 20.6 Å². The zero-order valence-corrected chi connectivity index (χ0v) is 14.2. The molecular formula is C13H16F3N5S2. The number of guanidine groups is 1. The van der Waals surface area contributed by atoms with Gasteiger partial charge in [0.1, 0.15) is 5.01 Å². The number of thiazole rings is 2. The number of alkyl halides is 3.